The minimum atomic E-state index is -0.0535. The van der Waals surface area contributed by atoms with Crippen LogP contribution in [-0.2, 0) is 11.3 Å². The summed E-state index contributed by atoms with van der Waals surface area (Å²) in [4.78, 5) is 33.0. The van der Waals surface area contributed by atoms with Gasteiger partial charge in [-0.1, -0.05) is 29.8 Å². The number of carbonyl (C=O) groups is 1. The lowest BCUT2D eigenvalue weighted by Crippen LogP contribution is -2.45. The van der Waals surface area contributed by atoms with Crippen LogP contribution in [0.4, 0.5) is 5.95 Å². The molecule has 1 N–H and O–H groups in total. The standard InChI is InChI=1S/C23H26N4O2S/c1-15-4-6-16(7-5-15)13-27-22(29)20-19(10-12-30-20)25-23(27)26-11-2-3-17(14-26)21(28)24-18-8-9-18/h4-7,10,12,17-18H,2-3,8-9,11,13-14H2,1H3,(H,24,28)/t17-/m1/s1. The van der Waals surface area contributed by atoms with Crippen LogP contribution in [0.1, 0.15) is 36.8 Å². The number of fused-ring (bicyclic) bond motifs is 1. The van der Waals surface area contributed by atoms with Gasteiger partial charge in [0.2, 0.25) is 11.9 Å². The van der Waals surface area contributed by atoms with Gasteiger partial charge in [-0.05, 0) is 49.6 Å². The number of anilines is 1. The first-order valence-electron chi connectivity index (χ1n) is 10.7. The van der Waals surface area contributed by atoms with Gasteiger partial charge in [-0.3, -0.25) is 14.2 Å². The van der Waals surface area contributed by atoms with Crippen molar-refractivity contribution in [3.8, 4) is 0 Å². The lowest BCUT2D eigenvalue weighted by molar-refractivity contribution is -0.125. The predicted octanol–water partition coefficient (Wildman–Crippen LogP) is 3.31. The molecule has 1 amide bonds. The highest BCUT2D eigenvalue weighted by Gasteiger charge is 2.32. The van der Waals surface area contributed by atoms with Gasteiger partial charge in [0.05, 0.1) is 18.0 Å². The minimum absolute atomic E-state index is 0.00451. The quantitative estimate of drug-likeness (QED) is 0.685. The van der Waals surface area contributed by atoms with Crippen LogP contribution in [0.2, 0.25) is 0 Å². The first-order chi connectivity index (χ1) is 14.6. The van der Waals surface area contributed by atoms with Crippen molar-refractivity contribution in [1.29, 1.82) is 0 Å². The van der Waals surface area contributed by atoms with E-state index in [0.717, 1.165) is 43.3 Å². The minimum Gasteiger partial charge on any atom is -0.353 e. The molecule has 7 heteroatoms. The number of carbonyl (C=O) groups excluding carboxylic acids is 1. The van der Waals surface area contributed by atoms with Gasteiger partial charge in [0.1, 0.15) is 4.70 Å². The molecule has 3 aromatic rings. The molecule has 30 heavy (non-hydrogen) atoms. The molecule has 1 aliphatic carbocycles. The summed E-state index contributed by atoms with van der Waals surface area (Å²) < 4.78 is 2.47. The molecular formula is C23H26N4O2S. The number of benzene rings is 1. The fourth-order valence-electron chi connectivity index (χ4n) is 4.11. The Kier molecular flexibility index (Phi) is 5.06. The van der Waals surface area contributed by atoms with E-state index in [1.807, 2.05) is 11.4 Å². The van der Waals surface area contributed by atoms with Crippen LogP contribution in [0.3, 0.4) is 0 Å². The third kappa shape index (κ3) is 3.86. The van der Waals surface area contributed by atoms with Crippen LogP contribution < -0.4 is 15.8 Å². The second kappa shape index (κ2) is 7.87. The van der Waals surface area contributed by atoms with Crippen LogP contribution >= 0.6 is 11.3 Å². The van der Waals surface area contributed by atoms with E-state index in [4.69, 9.17) is 4.98 Å². The number of hydrogen-bond acceptors (Lipinski definition) is 5. The first kappa shape index (κ1) is 19.3. The van der Waals surface area contributed by atoms with Crippen LogP contribution in [0, 0.1) is 12.8 Å². The Bertz CT molecular complexity index is 1130. The van der Waals surface area contributed by atoms with Gasteiger partial charge in [-0.15, -0.1) is 11.3 Å². The van der Waals surface area contributed by atoms with E-state index in [0.29, 0.717) is 29.8 Å². The molecule has 0 spiro atoms. The fourth-order valence-corrected chi connectivity index (χ4v) is 4.89. The Morgan fingerprint density at radius 1 is 1.20 bits per heavy atom. The summed E-state index contributed by atoms with van der Waals surface area (Å²) in [7, 11) is 0. The third-order valence-electron chi connectivity index (χ3n) is 6.01. The molecule has 2 aliphatic rings. The Morgan fingerprint density at radius 2 is 2.00 bits per heavy atom. The molecule has 1 aromatic carbocycles. The summed E-state index contributed by atoms with van der Waals surface area (Å²) in [6.07, 6.45) is 3.99. The Labute approximate surface area is 179 Å². The smallest absolute Gasteiger partial charge is 0.273 e. The average molecular weight is 423 g/mol. The molecule has 6 nitrogen and oxygen atoms in total. The molecule has 2 aromatic heterocycles. The second-order valence-corrected chi connectivity index (χ2v) is 9.41. The summed E-state index contributed by atoms with van der Waals surface area (Å²) in [5.41, 5.74) is 3.00. The largest absolute Gasteiger partial charge is 0.353 e. The van der Waals surface area contributed by atoms with Crippen molar-refractivity contribution >= 4 is 33.4 Å². The number of piperidine rings is 1. The molecule has 156 valence electrons. The van der Waals surface area contributed by atoms with Crippen LogP contribution in [0.5, 0.6) is 0 Å². The number of aryl methyl sites for hydroxylation is 1. The van der Waals surface area contributed by atoms with Crippen LogP contribution in [0.15, 0.2) is 40.5 Å². The first-order valence-corrected chi connectivity index (χ1v) is 11.6. The van der Waals surface area contributed by atoms with Crippen LogP contribution in [0.25, 0.3) is 10.2 Å². The van der Waals surface area contributed by atoms with E-state index in [1.165, 1.54) is 16.9 Å². The number of aromatic nitrogens is 2. The van der Waals surface area contributed by atoms with Crippen molar-refractivity contribution in [3.63, 3.8) is 0 Å². The van der Waals surface area contributed by atoms with Crippen molar-refractivity contribution in [2.75, 3.05) is 18.0 Å². The van der Waals surface area contributed by atoms with Gasteiger partial charge < -0.3 is 10.2 Å². The molecule has 3 heterocycles. The zero-order chi connectivity index (χ0) is 20.7. The monoisotopic (exact) mass is 422 g/mol. The zero-order valence-corrected chi connectivity index (χ0v) is 18.0. The second-order valence-electron chi connectivity index (χ2n) is 8.49. The lowest BCUT2D eigenvalue weighted by atomic mass is 9.97. The van der Waals surface area contributed by atoms with Crippen LogP contribution in [-0.4, -0.2) is 34.6 Å². The van der Waals surface area contributed by atoms with Gasteiger partial charge in [0.15, 0.2) is 0 Å². The van der Waals surface area contributed by atoms with Gasteiger partial charge in [-0.2, -0.15) is 0 Å². The number of rotatable bonds is 5. The highest BCUT2D eigenvalue weighted by atomic mass is 32.1. The summed E-state index contributed by atoms with van der Waals surface area (Å²) in [6.45, 7) is 3.95. The molecule has 2 fully saturated rings. The van der Waals surface area contributed by atoms with Gasteiger partial charge in [0, 0.05) is 19.1 Å². The Balaban J connectivity index is 1.49. The van der Waals surface area contributed by atoms with Gasteiger partial charge in [-0.25, -0.2) is 4.98 Å². The number of hydrogen-bond donors (Lipinski definition) is 1. The summed E-state index contributed by atoms with van der Waals surface area (Å²) in [5, 5.41) is 5.06. The van der Waals surface area contributed by atoms with Crippen molar-refractivity contribution in [1.82, 2.24) is 14.9 Å². The molecule has 1 saturated carbocycles. The molecule has 5 rings (SSSR count). The topological polar surface area (TPSA) is 67.2 Å². The van der Waals surface area contributed by atoms with Gasteiger partial charge >= 0.3 is 0 Å². The maximum absolute atomic E-state index is 13.3. The highest BCUT2D eigenvalue weighted by molar-refractivity contribution is 7.17. The van der Waals surface area contributed by atoms with E-state index >= 15 is 0 Å². The molecule has 0 radical (unpaired) electrons. The summed E-state index contributed by atoms with van der Waals surface area (Å²) >= 11 is 1.44. The lowest BCUT2D eigenvalue weighted by Gasteiger charge is -2.34. The maximum atomic E-state index is 13.3. The number of amides is 1. The maximum Gasteiger partial charge on any atom is 0.273 e. The van der Waals surface area contributed by atoms with E-state index in [9.17, 15) is 9.59 Å². The third-order valence-corrected chi connectivity index (χ3v) is 6.90. The van der Waals surface area contributed by atoms with E-state index in [1.54, 1.807) is 4.57 Å². The highest BCUT2D eigenvalue weighted by Crippen LogP contribution is 2.26. The normalized spacial score (nSPS) is 19.2. The van der Waals surface area contributed by atoms with E-state index < -0.39 is 0 Å². The Morgan fingerprint density at radius 3 is 2.77 bits per heavy atom. The SMILES string of the molecule is Cc1ccc(Cn2c(N3CCC[C@@H](C(=O)NC4CC4)C3)nc3ccsc3c2=O)cc1. The zero-order valence-electron chi connectivity index (χ0n) is 17.1. The van der Waals surface area contributed by atoms with Crippen molar-refractivity contribution in [3.05, 3.63) is 57.2 Å². The van der Waals surface area contributed by atoms with Crippen molar-refractivity contribution < 1.29 is 4.79 Å². The van der Waals surface area contributed by atoms with Gasteiger partial charge in [0.25, 0.3) is 5.56 Å². The summed E-state index contributed by atoms with van der Waals surface area (Å²) in [6, 6.07) is 10.5. The molecular weight excluding hydrogens is 396 g/mol. The Hall–Kier alpha value is -2.67. The van der Waals surface area contributed by atoms with Crippen molar-refractivity contribution in [2.24, 2.45) is 5.92 Å². The number of nitrogens with zero attached hydrogens (tertiary/aromatic N) is 3. The summed E-state index contributed by atoms with van der Waals surface area (Å²) in [5.74, 6) is 0.767. The number of thiophene rings is 1. The van der Waals surface area contributed by atoms with Crippen molar-refractivity contribution in [2.45, 2.75) is 45.2 Å². The fraction of sp³-hybridized carbons (Fsp3) is 0.435. The van der Waals surface area contributed by atoms with E-state index in [2.05, 4.69) is 41.4 Å². The predicted molar refractivity (Wildman–Crippen MR) is 120 cm³/mol. The van der Waals surface area contributed by atoms with E-state index in [-0.39, 0.29) is 17.4 Å². The number of nitrogens with one attached hydrogen (secondary N) is 1. The molecule has 1 aliphatic heterocycles. The average Bonchev–Trinajstić information content (AvgIpc) is 3.44. The molecule has 0 unspecified atom stereocenters. The molecule has 1 atom stereocenters. The molecule has 0 bridgehead atoms. The molecule has 1 saturated heterocycles.